The largest absolute Gasteiger partial charge is 0.356 e. The van der Waals surface area contributed by atoms with E-state index in [1.54, 1.807) is 0 Å². The molecule has 4 heteroatoms. The fourth-order valence-electron chi connectivity index (χ4n) is 1.43. The van der Waals surface area contributed by atoms with Crippen LogP contribution in [0.15, 0.2) is 6.20 Å². The molecule has 0 saturated carbocycles. The molecule has 0 bridgehead atoms. The van der Waals surface area contributed by atoms with E-state index in [9.17, 15) is 4.79 Å². The number of carbonyl (C=O) groups excluding carboxylic acids is 1. The van der Waals surface area contributed by atoms with Crippen LogP contribution in [0.4, 0.5) is 0 Å². The van der Waals surface area contributed by atoms with E-state index in [0.717, 1.165) is 25.2 Å². The van der Waals surface area contributed by atoms with Gasteiger partial charge in [0.05, 0.1) is 0 Å². The third-order valence-corrected chi connectivity index (χ3v) is 2.28. The Balaban J connectivity index is 2.12. The second kappa shape index (κ2) is 6.22. The van der Waals surface area contributed by atoms with Gasteiger partial charge in [-0.2, -0.15) is 0 Å². The number of carbonyl (C=O) groups is 1. The molecule has 1 aromatic rings. The number of hydrogen-bond donors (Lipinski definition) is 1. The van der Waals surface area contributed by atoms with Gasteiger partial charge in [-0.1, -0.05) is 0 Å². The number of imidazole rings is 1. The summed E-state index contributed by atoms with van der Waals surface area (Å²) in [7, 11) is 0. The quantitative estimate of drug-likeness (QED) is 0.716. The van der Waals surface area contributed by atoms with Crippen LogP contribution in [0.2, 0.25) is 0 Å². The second-order valence-electron chi connectivity index (χ2n) is 3.52. The zero-order chi connectivity index (χ0) is 11.1. The Kier molecular flexibility index (Phi) is 4.87. The highest BCUT2D eigenvalue weighted by Gasteiger charge is 2.00. The standard InChI is InChI=1S/C11H18N3O/c1-3-12-11(15)6-4-5-8-14-9-7-13-10(14)2/h9H,3-6,8H2,1-2H3,(H,12,15). The predicted molar refractivity (Wildman–Crippen MR) is 58.3 cm³/mol. The first kappa shape index (κ1) is 11.8. The summed E-state index contributed by atoms with van der Waals surface area (Å²) in [5.41, 5.74) is 0. The monoisotopic (exact) mass is 208 g/mol. The lowest BCUT2D eigenvalue weighted by molar-refractivity contribution is -0.121. The van der Waals surface area contributed by atoms with Crippen molar-refractivity contribution in [3.63, 3.8) is 0 Å². The zero-order valence-electron chi connectivity index (χ0n) is 9.42. The normalized spacial score (nSPS) is 10.3. The molecule has 4 nitrogen and oxygen atoms in total. The van der Waals surface area contributed by atoms with Crippen molar-refractivity contribution in [3.05, 3.63) is 18.2 Å². The van der Waals surface area contributed by atoms with E-state index in [4.69, 9.17) is 0 Å². The van der Waals surface area contributed by atoms with Crippen LogP contribution in [0.5, 0.6) is 0 Å². The minimum Gasteiger partial charge on any atom is -0.356 e. The number of aromatic nitrogens is 2. The molecule has 0 aliphatic heterocycles. The van der Waals surface area contributed by atoms with E-state index >= 15 is 0 Å². The van der Waals surface area contributed by atoms with Crippen molar-refractivity contribution >= 4 is 5.91 Å². The lowest BCUT2D eigenvalue weighted by Gasteiger charge is -2.04. The first-order valence-corrected chi connectivity index (χ1v) is 5.40. The first-order valence-electron chi connectivity index (χ1n) is 5.40. The van der Waals surface area contributed by atoms with Gasteiger partial charge in [-0.25, -0.2) is 4.98 Å². The molecule has 0 unspecified atom stereocenters. The Morgan fingerprint density at radius 3 is 3.00 bits per heavy atom. The molecule has 0 aliphatic rings. The smallest absolute Gasteiger partial charge is 0.219 e. The highest BCUT2D eigenvalue weighted by atomic mass is 16.1. The molecule has 1 aromatic heterocycles. The molecule has 1 amide bonds. The fourth-order valence-corrected chi connectivity index (χ4v) is 1.43. The number of nitrogens with zero attached hydrogens (tertiary/aromatic N) is 2. The Morgan fingerprint density at radius 1 is 1.60 bits per heavy atom. The Hall–Kier alpha value is -1.32. The van der Waals surface area contributed by atoms with E-state index in [1.807, 2.05) is 20.0 Å². The van der Waals surface area contributed by atoms with Crippen molar-refractivity contribution in [2.45, 2.75) is 39.7 Å². The summed E-state index contributed by atoms with van der Waals surface area (Å²) >= 11 is 0. The number of amides is 1. The summed E-state index contributed by atoms with van der Waals surface area (Å²) in [6.07, 6.45) is 7.19. The Labute approximate surface area is 90.7 Å². The minimum absolute atomic E-state index is 0.145. The minimum atomic E-state index is 0.145. The van der Waals surface area contributed by atoms with Crippen LogP contribution in [-0.4, -0.2) is 22.0 Å². The Bertz CT molecular complexity index is 307. The van der Waals surface area contributed by atoms with Crippen LogP contribution in [0, 0.1) is 13.1 Å². The van der Waals surface area contributed by atoms with Crippen molar-refractivity contribution in [2.24, 2.45) is 0 Å². The van der Waals surface area contributed by atoms with Crippen LogP contribution in [0.25, 0.3) is 0 Å². The molecule has 0 aromatic carbocycles. The molecule has 1 N–H and O–H groups in total. The topological polar surface area (TPSA) is 46.9 Å². The van der Waals surface area contributed by atoms with Crippen LogP contribution in [0.3, 0.4) is 0 Å². The molecule has 1 rings (SSSR count). The third-order valence-electron chi connectivity index (χ3n) is 2.28. The summed E-state index contributed by atoms with van der Waals surface area (Å²) in [6.45, 7) is 5.53. The van der Waals surface area contributed by atoms with E-state index in [-0.39, 0.29) is 5.91 Å². The first-order chi connectivity index (χ1) is 7.24. The average Bonchev–Trinajstić information content (AvgIpc) is 2.60. The van der Waals surface area contributed by atoms with Crippen LogP contribution < -0.4 is 5.32 Å². The molecule has 1 heterocycles. The van der Waals surface area contributed by atoms with Gasteiger partial charge in [0.1, 0.15) is 12.0 Å². The molecule has 0 spiro atoms. The van der Waals surface area contributed by atoms with E-state index in [0.29, 0.717) is 13.0 Å². The van der Waals surface area contributed by atoms with Gasteiger partial charge in [0.25, 0.3) is 0 Å². The highest BCUT2D eigenvalue weighted by molar-refractivity contribution is 5.75. The van der Waals surface area contributed by atoms with Crippen molar-refractivity contribution in [1.82, 2.24) is 14.9 Å². The van der Waals surface area contributed by atoms with Crippen molar-refractivity contribution in [1.29, 1.82) is 0 Å². The maximum atomic E-state index is 11.1. The van der Waals surface area contributed by atoms with Gasteiger partial charge in [0.15, 0.2) is 0 Å². The van der Waals surface area contributed by atoms with Gasteiger partial charge in [0, 0.05) is 25.7 Å². The van der Waals surface area contributed by atoms with Crippen molar-refractivity contribution < 1.29 is 4.79 Å². The maximum Gasteiger partial charge on any atom is 0.219 e. The molecule has 83 valence electrons. The van der Waals surface area contributed by atoms with E-state index in [2.05, 4.69) is 21.1 Å². The van der Waals surface area contributed by atoms with Gasteiger partial charge >= 0.3 is 0 Å². The maximum absolute atomic E-state index is 11.1. The summed E-state index contributed by atoms with van der Waals surface area (Å²) in [5, 5.41) is 2.79. The summed E-state index contributed by atoms with van der Waals surface area (Å²) in [4.78, 5) is 15.2. The number of rotatable bonds is 6. The molecule has 0 fully saturated rings. The molecular weight excluding hydrogens is 190 g/mol. The van der Waals surface area contributed by atoms with E-state index in [1.165, 1.54) is 0 Å². The number of nitrogens with one attached hydrogen (secondary N) is 1. The second-order valence-corrected chi connectivity index (χ2v) is 3.52. The molecule has 0 saturated heterocycles. The van der Waals surface area contributed by atoms with Gasteiger partial charge in [-0.05, 0) is 26.7 Å². The summed E-state index contributed by atoms with van der Waals surface area (Å²) in [5.74, 6) is 1.12. The predicted octanol–water partition coefficient (Wildman–Crippen LogP) is 1.30. The zero-order valence-corrected chi connectivity index (χ0v) is 9.42. The fraction of sp³-hybridized carbons (Fsp3) is 0.636. The molecule has 15 heavy (non-hydrogen) atoms. The van der Waals surface area contributed by atoms with Crippen molar-refractivity contribution in [3.8, 4) is 0 Å². The van der Waals surface area contributed by atoms with Crippen LogP contribution in [-0.2, 0) is 11.3 Å². The highest BCUT2D eigenvalue weighted by Crippen LogP contribution is 2.01. The third kappa shape index (κ3) is 4.14. The van der Waals surface area contributed by atoms with Crippen LogP contribution in [0.1, 0.15) is 32.0 Å². The number of hydrogen-bond acceptors (Lipinski definition) is 2. The molecule has 0 atom stereocenters. The summed E-state index contributed by atoms with van der Waals surface area (Å²) < 4.78 is 2.05. The SMILES string of the molecule is CCNC(=O)CCCCn1c[c]nc1C. The van der Waals surface area contributed by atoms with Crippen LogP contribution >= 0.6 is 0 Å². The van der Waals surface area contributed by atoms with Gasteiger partial charge < -0.3 is 9.88 Å². The van der Waals surface area contributed by atoms with Gasteiger partial charge in [-0.15, -0.1) is 0 Å². The number of unbranched alkanes of at least 4 members (excludes halogenated alkanes) is 1. The van der Waals surface area contributed by atoms with Gasteiger partial charge in [-0.3, -0.25) is 4.79 Å². The Morgan fingerprint density at radius 2 is 2.40 bits per heavy atom. The van der Waals surface area contributed by atoms with E-state index < -0.39 is 0 Å². The lowest BCUT2D eigenvalue weighted by atomic mass is 10.2. The van der Waals surface area contributed by atoms with Gasteiger partial charge in [0.2, 0.25) is 5.91 Å². The molecule has 0 aliphatic carbocycles. The molecule has 1 radical (unpaired) electrons. The number of aryl methyl sites for hydroxylation is 2. The summed E-state index contributed by atoms with van der Waals surface area (Å²) in [6, 6.07) is 0. The van der Waals surface area contributed by atoms with Crippen molar-refractivity contribution in [2.75, 3.05) is 6.54 Å². The average molecular weight is 208 g/mol. The molecular formula is C11H18N3O. The lowest BCUT2D eigenvalue weighted by Crippen LogP contribution is -2.22.